The number of furan rings is 1. The van der Waals surface area contributed by atoms with Crippen LogP contribution >= 0.6 is 0 Å². The van der Waals surface area contributed by atoms with Gasteiger partial charge in [0, 0.05) is 27.7 Å². The Labute approximate surface area is 277 Å². The van der Waals surface area contributed by atoms with E-state index < -0.39 is 0 Å². The lowest BCUT2D eigenvalue weighted by Gasteiger charge is -2.28. The molecule has 0 radical (unpaired) electrons. The minimum absolute atomic E-state index is 0.886. The summed E-state index contributed by atoms with van der Waals surface area (Å²) in [6, 6.07) is 63.4. The Morgan fingerprint density at radius 2 is 0.917 bits per heavy atom. The predicted molar refractivity (Wildman–Crippen MR) is 204 cm³/mol. The van der Waals surface area contributed by atoms with Crippen molar-refractivity contribution in [3.05, 3.63) is 176 Å². The highest BCUT2D eigenvalue weighted by atomic mass is 16.3. The van der Waals surface area contributed by atoms with Crippen molar-refractivity contribution >= 4 is 82.1 Å². The first-order valence-corrected chi connectivity index (χ1v) is 16.4. The Balaban J connectivity index is 1.25. The van der Waals surface area contributed by atoms with Crippen LogP contribution in [0.2, 0.25) is 0 Å². The molecule has 10 aromatic rings. The molecule has 10 rings (SSSR count). The van der Waals surface area contributed by atoms with Gasteiger partial charge in [-0.1, -0.05) is 127 Å². The standard InChI is InChI=1S/C46H29NO/c1-2-10-30(11-3-1)38-16-8-9-17-44(38)47(36-22-25-45-43(29-36)42-26-33-13-4-5-14-34(33)27-46(42)48-45)35-21-18-32-20-23-39-37-15-7-6-12-31(37)19-24-40(39)41(32)28-35/h1-29H. The van der Waals surface area contributed by atoms with Crippen molar-refractivity contribution in [1.82, 2.24) is 0 Å². The van der Waals surface area contributed by atoms with Crippen molar-refractivity contribution in [1.29, 1.82) is 0 Å². The smallest absolute Gasteiger partial charge is 0.136 e. The normalized spacial score (nSPS) is 11.8. The third-order valence-corrected chi connectivity index (χ3v) is 9.79. The van der Waals surface area contributed by atoms with Crippen LogP contribution in [0.25, 0.3) is 76.2 Å². The van der Waals surface area contributed by atoms with E-state index >= 15 is 0 Å². The molecule has 0 unspecified atom stereocenters. The van der Waals surface area contributed by atoms with Gasteiger partial charge >= 0.3 is 0 Å². The lowest BCUT2D eigenvalue weighted by Crippen LogP contribution is -2.11. The molecule has 0 amide bonds. The van der Waals surface area contributed by atoms with E-state index in [2.05, 4.69) is 181 Å². The Bertz CT molecular complexity index is 2850. The first-order valence-electron chi connectivity index (χ1n) is 16.4. The van der Waals surface area contributed by atoms with Gasteiger partial charge in [0.15, 0.2) is 0 Å². The number of hydrogen-bond donors (Lipinski definition) is 0. The van der Waals surface area contributed by atoms with Crippen molar-refractivity contribution in [3.63, 3.8) is 0 Å². The zero-order chi connectivity index (χ0) is 31.6. The molecule has 0 spiro atoms. The largest absolute Gasteiger partial charge is 0.456 e. The van der Waals surface area contributed by atoms with E-state index in [1.807, 2.05) is 0 Å². The summed E-state index contributed by atoms with van der Waals surface area (Å²) in [5.74, 6) is 0. The predicted octanol–water partition coefficient (Wildman–Crippen LogP) is 13.3. The third kappa shape index (κ3) is 4.20. The zero-order valence-corrected chi connectivity index (χ0v) is 26.1. The molecule has 0 bridgehead atoms. The Morgan fingerprint density at radius 3 is 1.75 bits per heavy atom. The SMILES string of the molecule is c1ccc(-c2ccccc2N(c2ccc3ccc4c5ccccc5ccc4c3c2)c2ccc3oc4cc5ccccc5cc4c3c2)cc1. The molecule has 0 saturated heterocycles. The molecule has 1 heterocycles. The second kappa shape index (κ2) is 10.6. The Kier molecular flexibility index (Phi) is 5.91. The van der Waals surface area contributed by atoms with Crippen molar-refractivity contribution in [2.24, 2.45) is 0 Å². The molecule has 1 aromatic heterocycles. The number of rotatable bonds is 4. The minimum Gasteiger partial charge on any atom is -0.456 e. The minimum atomic E-state index is 0.886. The van der Waals surface area contributed by atoms with E-state index in [0.717, 1.165) is 39.0 Å². The van der Waals surface area contributed by atoms with Crippen molar-refractivity contribution < 1.29 is 4.42 Å². The molecular weight excluding hydrogens is 583 g/mol. The summed E-state index contributed by atoms with van der Waals surface area (Å²) in [4.78, 5) is 2.40. The first kappa shape index (κ1) is 26.8. The van der Waals surface area contributed by atoms with E-state index in [9.17, 15) is 0 Å². The summed E-state index contributed by atoms with van der Waals surface area (Å²) in [5.41, 5.74) is 7.43. The topological polar surface area (TPSA) is 16.4 Å². The average molecular weight is 612 g/mol. The summed E-state index contributed by atoms with van der Waals surface area (Å²) in [5, 5.41) is 12.1. The number of nitrogens with zero attached hydrogens (tertiary/aromatic N) is 1. The van der Waals surface area contributed by atoms with E-state index in [1.165, 1.54) is 54.2 Å². The van der Waals surface area contributed by atoms with Crippen LogP contribution in [0.4, 0.5) is 17.1 Å². The molecule has 0 saturated carbocycles. The fraction of sp³-hybridized carbons (Fsp3) is 0. The van der Waals surface area contributed by atoms with Gasteiger partial charge in [0.2, 0.25) is 0 Å². The molecule has 2 nitrogen and oxygen atoms in total. The maximum absolute atomic E-state index is 6.42. The third-order valence-electron chi connectivity index (χ3n) is 9.79. The highest BCUT2D eigenvalue weighted by Crippen LogP contribution is 2.44. The molecular formula is C46H29NO. The highest BCUT2D eigenvalue weighted by Gasteiger charge is 2.20. The maximum atomic E-state index is 6.42. The Hall–Kier alpha value is -6.38. The van der Waals surface area contributed by atoms with Crippen LogP contribution in [-0.4, -0.2) is 0 Å². The van der Waals surface area contributed by atoms with Crippen LogP contribution in [-0.2, 0) is 0 Å². The van der Waals surface area contributed by atoms with Gasteiger partial charge in [0.1, 0.15) is 11.2 Å². The van der Waals surface area contributed by atoms with E-state index in [-0.39, 0.29) is 0 Å². The molecule has 0 atom stereocenters. The lowest BCUT2D eigenvalue weighted by atomic mass is 9.96. The Morgan fingerprint density at radius 1 is 0.333 bits per heavy atom. The molecule has 0 aliphatic rings. The maximum Gasteiger partial charge on any atom is 0.136 e. The second-order valence-corrected chi connectivity index (χ2v) is 12.5. The quantitative estimate of drug-likeness (QED) is 0.184. The van der Waals surface area contributed by atoms with Gasteiger partial charge < -0.3 is 9.32 Å². The second-order valence-electron chi connectivity index (χ2n) is 12.5. The van der Waals surface area contributed by atoms with Crippen LogP contribution in [0.5, 0.6) is 0 Å². The molecule has 0 N–H and O–H groups in total. The van der Waals surface area contributed by atoms with E-state index in [4.69, 9.17) is 4.42 Å². The molecule has 0 aliphatic heterocycles. The van der Waals surface area contributed by atoms with Crippen LogP contribution in [0.15, 0.2) is 180 Å². The fourth-order valence-electron chi connectivity index (χ4n) is 7.49. The average Bonchev–Trinajstić information content (AvgIpc) is 3.51. The highest BCUT2D eigenvalue weighted by molar-refractivity contribution is 6.18. The molecule has 2 heteroatoms. The van der Waals surface area contributed by atoms with Gasteiger partial charge in [-0.25, -0.2) is 0 Å². The van der Waals surface area contributed by atoms with Crippen molar-refractivity contribution in [3.8, 4) is 11.1 Å². The van der Waals surface area contributed by atoms with Crippen LogP contribution in [0.1, 0.15) is 0 Å². The summed E-state index contributed by atoms with van der Waals surface area (Å²) in [6.07, 6.45) is 0. The number of anilines is 3. The van der Waals surface area contributed by atoms with Gasteiger partial charge in [-0.15, -0.1) is 0 Å². The van der Waals surface area contributed by atoms with Gasteiger partial charge in [0.25, 0.3) is 0 Å². The summed E-state index contributed by atoms with van der Waals surface area (Å²) in [7, 11) is 0. The van der Waals surface area contributed by atoms with Crippen molar-refractivity contribution in [2.75, 3.05) is 4.90 Å². The molecule has 48 heavy (non-hydrogen) atoms. The molecule has 0 fully saturated rings. The number of fused-ring (bicyclic) bond motifs is 9. The fourth-order valence-corrected chi connectivity index (χ4v) is 7.49. The zero-order valence-electron chi connectivity index (χ0n) is 26.1. The monoisotopic (exact) mass is 611 g/mol. The van der Waals surface area contributed by atoms with E-state index in [1.54, 1.807) is 0 Å². The van der Waals surface area contributed by atoms with Gasteiger partial charge in [-0.2, -0.15) is 0 Å². The number of benzene rings is 9. The molecule has 224 valence electrons. The summed E-state index contributed by atoms with van der Waals surface area (Å²) < 4.78 is 6.42. The summed E-state index contributed by atoms with van der Waals surface area (Å²) in [6.45, 7) is 0. The van der Waals surface area contributed by atoms with Gasteiger partial charge in [-0.05, 0) is 97.2 Å². The van der Waals surface area contributed by atoms with Gasteiger partial charge in [0.05, 0.1) is 5.69 Å². The number of para-hydroxylation sites is 1. The van der Waals surface area contributed by atoms with Gasteiger partial charge in [-0.3, -0.25) is 0 Å². The first-order chi connectivity index (χ1) is 23.8. The molecule has 9 aromatic carbocycles. The van der Waals surface area contributed by atoms with Crippen molar-refractivity contribution in [2.45, 2.75) is 0 Å². The van der Waals surface area contributed by atoms with Crippen LogP contribution < -0.4 is 4.90 Å². The number of hydrogen-bond acceptors (Lipinski definition) is 2. The van der Waals surface area contributed by atoms with Crippen LogP contribution in [0, 0.1) is 0 Å². The summed E-state index contributed by atoms with van der Waals surface area (Å²) >= 11 is 0. The lowest BCUT2D eigenvalue weighted by molar-refractivity contribution is 0.669. The van der Waals surface area contributed by atoms with Crippen LogP contribution in [0.3, 0.4) is 0 Å². The molecule has 0 aliphatic carbocycles. The van der Waals surface area contributed by atoms with E-state index in [0.29, 0.717) is 0 Å².